The summed E-state index contributed by atoms with van der Waals surface area (Å²) in [7, 11) is 1.54. The Labute approximate surface area is 126 Å². The molecule has 1 aromatic carbocycles. The van der Waals surface area contributed by atoms with Crippen LogP contribution in [0.1, 0.15) is 19.4 Å². The summed E-state index contributed by atoms with van der Waals surface area (Å²) in [5.74, 6) is 1.32. The molecule has 2 aromatic rings. The molecule has 2 N–H and O–H groups in total. The highest BCUT2D eigenvalue weighted by molar-refractivity contribution is 6.32. The lowest BCUT2D eigenvalue weighted by molar-refractivity contribution is 0.230. The number of hydrogen-bond donors (Lipinski definition) is 2. The van der Waals surface area contributed by atoms with E-state index in [0.29, 0.717) is 16.5 Å². The van der Waals surface area contributed by atoms with E-state index in [1.165, 1.54) is 0 Å². The normalized spacial score (nSPS) is 11.1. The van der Waals surface area contributed by atoms with Crippen LogP contribution in [0, 0.1) is 0 Å². The van der Waals surface area contributed by atoms with E-state index in [1.54, 1.807) is 25.5 Å². The predicted octanol–water partition coefficient (Wildman–Crippen LogP) is 2.09. The van der Waals surface area contributed by atoms with Crippen LogP contribution in [-0.2, 0) is 0 Å². The highest BCUT2D eigenvalue weighted by Gasteiger charge is 2.12. The maximum Gasteiger partial charge on any atom is 0.283 e. The first-order chi connectivity index (χ1) is 10.1. The van der Waals surface area contributed by atoms with Crippen LogP contribution < -0.4 is 14.9 Å². The lowest BCUT2D eigenvalue weighted by Crippen LogP contribution is -2.07. The van der Waals surface area contributed by atoms with Crippen molar-refractivity contribution in [3.63, 3.8) is 0 Å². The molecular formula is C12H15ClN6O2. The molecular weight excluding hydrogens is 296 g/mol. The number of nitrogens with zero attached hydrogens (tertiary/aromatic N) is 4. The number of hydrogen-bond acceptors (Lipinski definition) is 7. The first-order valence-corrected chi connectivity index (χ1v) is 6.54. The first-order valence-electron chi connectivity index (χ1n) is 6.17. The Bertz CT molecular complexity index is 614. The predicted molar refractivity (Wildman–Crippen MR) is 79.2 cm³/mol. The molecule has 0 bridgehead atoms. The molecule has 112 valence electrons. The summed E-state index contributed by atoms with van der Waals surface area (Å²) >= 11 is 6.17. The molecule has 0 spiro atoms. The molecule has 21 heavy (non-hydrogen) atoms. The third kappa shape index (κ3) is 4.06. The molecule has 0 saturated carbocycles. The average Bonchev–Trinajstić information content (AvgIpc) is 2.91. The minimum atomic E-state index is -0.000360. The Morgan fingerprint density at radius 3 is 2.86 bits per heavy atom. The second-order valence-electron chi connectivity index (χ2n) is 4.31. The van der Waals surface area contributed by atoms with E-state index in [2.05, 4.69) is 31.2 Å². The minimum absolute atomic E-state index is 0.000360. The van der Waals surface area contributed by atoms with Crippen LogP contribution >= 0.6 is 11.6 Å². The summed E-state index contributed by atoms with van der Waals surface area (Å²) in [5.41, 5.74) is 3.36. The van der Waals surface area contributed by atoms with Gasteiger partial charge in [-0.25, -0.2) is 5.43 Å². The summed E-state index contributed by atoms with van der Waals surface area (Å²) < 4.78 is 10.9. The fourth-order valence-electron chi connectivity index (χ4n) is 1.58. The fraction of sp³-hybridized carbons (Fsp3) is 0.333. The molecule has 0 unspecified atom stereocenters. The lowest BCUT2D eigenvalue weighted by atomic mass is 10.2. The number of benzene rings is 1. The van der Waals surface area contributed by atoms with Crippen molar-refractivity contribution in [3.05, 3.63) is 22.7 Å². The van der Waals surface area contributed by atoms with Crippen LogP contribution in [-0.4, -0.2) is 40.1 Å². The quantitative estimate of drug-likeness (QED) is 0.626. The summed E-state index contributed by atoms with van der Waals surface area (Å²) in [6.07, 6.45) is 1.56. The highest BCUT2D eigenvalue weighted by atomic mass is 35.5. The Morgan fingerprint density at radius 2 is 2.24 bits per heavy atom. The van der Waals surface area contributed by atoms with Crippen molar-refractivity contribution in [2.24, 2.45) is 5.10 Å². The van der Waals surface area contributed by atoms with E-state index >= 15 is 0 Å². The van der Waals surface area contributed by atoms with Gasteiger partial charge in [0, 0.05) is 0 Å². The molecule has 0 fully saturated rings. The molecule has 0 radical (unpaired) electrons. The van der Waals surface area contributed by atoms with Crippen LogP contribution in [0.25, 0.3) is 0 Å². The summed E-state index contributed by atoms with van der Waals surface area (Å²) in [5, 5.41) is 17.6. The number of aromatic nitrogens is 4. The molecule has 0 aliphatic carbocycles. The van der Waals surface area contributed by atoms with Crippen molar-refractivity contribution in [1.29, 1.82) is 0 Å². The van der Waals surface area contributed by atoms with Crippen LogP contribution in [0.2, 0.25) is 5.02 Å². The SMILES string of the molecule is COc1c(Cl)cc(/C=N\Nc2nn[nH]n2)cc1OC(C)C. The van der Waals surface area contributed by atoms with Gasteiger partial charge in [-0.2, -0.15) is 10.3 Å². The van der Waals surface area contributed by atoms with Crippen LogP contribution in [0.5, 0.6) is 11.5 Å². The van der Waals surface area contributed by atoms with Gasteiger partial charge in [-0.1, -0.05) is 16.7 Å². The number of aromatic amines is 1. The zero-order valence-electron chi connectivity index (χ0n) is 11.8. The Kier molecular flexibility index (Phi) is 4.94. The van der Waals surface area contributed by atoms with Crippen molar-refractivity contribution >= 4 is 23.8 Å². The highest BCUT2D eigenvalue weighted by Crippen LogP contribution is 2.36. The van der Waals surface area contributed by atoms with Gasteiger partial charge in [-0.3, -0.25) is 0 Å². The molecule has 0 aliphatic rings. The van der Waals surface area contributed by atoms with Crippen molar-refractivity contribution in [1.82, 2.24) is 20.6 Å². The number of nitrogens with one attached hydrogen (secondary N) is 2. The van der Waals surface area contributed by atoms with Gasteiger partial charge in [0.15, 0.2) is 11.5 Å². The molecule has 9 heteroatoms. The monoisotopic (exact) mass is 310 g/mol. The molecule has 1 heterocycles. The number of rotatable bonds is 6. The molecule has 8 nitrogen and oxygen atoms in total. The van der Waals surface area contributed by atoms with Crippen molar-refractivity contribution < 1.29 is 9.47 Å². The van der Waals surface area contributed by atoms with Crippen molar-refractivity contribution in [2.45, 2.75) is 20.0 Å². The number of halogens is 1. The smallest absolute Gasteiger partial charge is 0.283 e. The number of H-pyrrole nitrogens is 1. The summed E-state index contributed by atoms with van der Waals surface area (Å²) in [6, 6.07) is 3.50. The molecule has 0 atom stereocenters. The summed E-state index contributed by atoms with van der Waals surface area (Å²) in [6.45, 7) is 3.85. The van der Waals surface area contributed by atoms with Gasteiger partial charge in [0.25, 0.3) is 5.95 Å². The van der Waals surface area contributed by atoms with Gasteiger partial charge in [0.05, 0.1) is 24.5 Å². The van der Waals surface area contributed by atoms with Gasteiger partial charge >= 0.3 is 0 Å². The number of ether oxygens (including phenoxy) is 2. The standard InChI is InChI=1S/C12H15ClN6O2/c1-7(2)21-10-5-8(4-9(13)11(10)20-3)6-14-15-12-16-18-19-17-12/h4-7H,1-3H3,(H2,15,16,17,18,19)/b14-6-. The molecule has 2 rings (SSSR count). The second kappa shape index (κ2) is 6.89. The summed E-state index contributed by atoms with van der Waals surface area (Å²) in [4.78, 5) is 0. The van der Waals surface area contributed by atoms with E-state index < -0.39 is 0 Å². The van der Waals surface area contributed by atoms with E-state index in [9.17, 15) is 0 Å². The van der Waals surface area contributed by atoms with Gasteiger partial charge in [0.1, 0.15) is 0 Å². The molecule has 0 aliphatic heterocycles. The Morgan fingerprint density at radius 1 is 1.43 bits per heavy atom. The van der Waals surface area contributed by atoms with E-state index in [-0.39, 0.29) is 12.1 Å². The topological polar surface area (TPSA) is 97.3 Å². The zero-order valence-corrected chi connectivity index (χ0v) is 12.5. The maximum absolute atomic E-state index is 6.17. The third-order valence-electron chi connectivity index (χ3n) is 2.32. The van der Waals surface area contributed by atoms with E-state index in [1.807, 2.05) is 13.8 Å². The van der Waals surface area contributed by atoms with Gasteiger partial charge < -0.3 is 9.47 Å². The fourth-order valence-corrected chi connectivity index (χ4v) is 1.87. The van der Waals surface area contributed by atoms with E-state index in [4.69, 9.17) is 21.1 Å². The Hall–Kier alpha value is -2.35. The lowest BCUT2D eigenvalue weighted by Gasteiger charge is -2.15. The number of hydrazone groups is 1. The Balaban J connectivity index is 2.19. The maximum atomic E-state index is 6.17. The molecule has 0 saturated heterocycles. The van der Waals surface area contributed by atoms with Crippen LogP contribution in [0.15, 0.2) is 17.2 Å². The number of anilines is 1. The van der Waals surface area contributed by atoms with E-state index in [0.717, 1.165) is 5.56 Å². The first kappa shape index (κ1) is 15.0. The van der Waals surface area contributed by atoms with Gasteiger partial charge in [-0.05, 0) is 36.8 Å². The molecule has 0 amide bonds. The average molecular weight is 311 g/mol. The number of tetrazole rings is 1. The van der Waals surface area contributed by atoms with Gasteiger partial charge in [0.2, 0.25) is 0 Å². The molecule has 1 aromatic heterocycles. The van der Waals surface area contributed by atoms with Crippen molar-refractivity contribution in [3.8, 4) is 11.5 Å². The van der Waals surface area contributed by atoms with Crippen LogP contribution in [0.4, 0.5) is 5.95 Å². The number of methoxy groups -OCH3 is 1. The van der Waals surface area contributed by atoms with Gasteiger partial charge in [-0.15, -0.1) is 5.10 Å². The minimum Gasteiger partial charge on any atom is -0.491 e. The largest absolute Gasteiger partial charge is 0.491 e. The second-order valence-corrected chi connectivity index (χ2v) is 4.71. The third-order valence-corrected chi connectivity index (χ3v) is 2.60. The van der Waals surface area contributed by atoms with Crippen LogP contribution in [0.3, 0.4) is 0 Å². The van der Waals surface area contributed by atoms with Crippen molar-refractivity contribution in [2.75, 3.05) is 12.5 Å². The zero-order chi connectivity index (χ0) is 15.2.